The van der Waals surface area contributed by atoms with Gasteiger partial charge in [0.2, 0.25) is 0 Å². The van der Waals surface area contributed by atoms with Gasteiger partial charge in [0.05, 0.1) is 0 Å². The van der Waals surface area contributed by atoms with Gasteiger partial charge < -0.3 is 4.98 Å². The maximum atomic E-state index is 11.9. The Morgan fingerprint density at radius 3 is 2.65 bits per heavy atom. The third-order valence-corrected chi connectivity index (χ3v) is 4.90. The van der Waals surface area contributed by atoms with E-state index in [9.17, 15) is 13.2 Å². The number of aryl methyl sites for hydroxylation is 1. The summed E-state index contributed by atoms with van der Waals surface area (Å²) in [5.74, 6) is 0. The quantitative estimate of drug-likeness (QED) is 0.888. The van der Waals surface area contributed by atoms with Gasteiger partial charge in [0, 0.05) is 11.1 Å². The van der Waals surface area contributed by atoms with E-state index >= 15 is 0 Å². The van der Waals surface area contributed by atoms with Crippen molar-refractivity contribution < 1.29 is 8.42 Å². The average molecular weight is 270 g/mol. The molecule has 0 radical (unpaired) electrons. The number of aromatic nitrogens is 1. The van der Waals surface area contributed by atoms with Gasteiger partial charge in [-0.1, -0.05) is 0 Å². The third-order valence-electron chi connectivity index (χ3n) is 2.04. The van der Waals surface area contributed by atoms with Gasteiger partial charge in [-0.25, -0.2) is 8.42 Å². The molecule has 5 nitrogen and oxygen atoms in total. The molecule has 0 amide bonds. The van der Waals surface area contributed by atoms with Crippen LogP contribution in [0.5, 0.6) is 0 Å². The minimum Gasteiger partial charge on any atom is -0.327 e. The average Bonchev–Trinajstić information content (AvgIpc) is 2.69. The Kier molecular flexibility index (Phi) is 3.03. The van der Waals surface area contributed by atoms with Gasteiger partial charge in [0.15, 0.2) is 0 Å². The molecule has 0 saturated carbocycles. The van der Waals surface area contributed by atoms with Crippen LogP contribution in [0.25, 0.3) is 0 Å². The molecule has 0 atom stereocenters. The molecular weight excluding hydrogens is 260 g/mol. The summed E-state index contributed by atoms with van der Waals surface area (Å²) in [4.78, 5) is 14.7. The predicted molar refractivity (Wildman–Crippen MR) is 66.9 cm³/mol. The number of rotatable bonds is 3. The van der Waals surface area contributed by atoms with Crippen molar-refractivity contribution in [3.05, 3.63) is 45.7 Å². The number of aromatic amines is 1. The van der Waals surface area contributed by atoms with Crippen LogP contribution in [0.1, 0.15) is 4.88 Å². The van der Waals surface area contributed by atoms with E-state index in [4.69, 9.17) is 0 Å². The number of nitrogens with one attached hydrogen (secondary N) is 2. The number of hydrogen-bond acceptors (Lipinski definition) is 4. The monoisotopic (exact) mass is 270 g/mol. The standard InChI is InChI=1S/C10H10N2O3S2/c1-7-4-5-9(16-7)17(14,15)12-8-3-2-6-11-10(8)13/h2-6,12H,1H3,(H,11,13). The molecule has 7 heteroatoms. The van der Waals surface area contributed by atoms with Crippen molar-refractivity contribution in [3.8, 4) is 0 Å². The van der Waals surface area contributed by atoms with E-state index < -0.39 is 15.6 Å². The molecule has 0 aromatic carbocycles. The van der Waals surface area contributed by atoms with Crippen LogP contribution in [0.4, 0.5) is 5.69 Å². The number of pyridine rings is 1. The van der Waals surface area contributed by atoms with Gasteiger partial charge in [-0.2, -0.15) is 0 Å². The van der Waals surface area contributed by atoms with E-state index in [0.717, 1.165) is 16.2 Å². The molecule has 2 aromatic rings. The zero-order chi connectivity index (χ0) is 12.5. The van der Waals surface area contributed by atoms with Crippen LogP contribution >= 0.6 is 11.3 Å². The Morgan fingerprint density at radius 1 is 1.29 bits per heavy atom. The molecule has 0 unspecified atom stereocenters. The molecular formula is C10H10N2O3S2. The van der Waals surface area contributed by atoms with Gasteiger partial charge in [0.1, 0.15) is 9.90 Å². The van der Waals surface area contributed by atoms with Crippen molar-refractivity contribution >= 4 is 27.0 Å². The summed E-state index contributed by atoms with van der Waals surface area (Å²) in [6.45, 7) is 1.82. The molecule has 90 valence electrons. The van der Waals surface area contributed by atoms with Crippen LogP contribution in [0, 0.1) is 6.92 Å². The first-order valence-electron chi connectivity index (χ1n) is 4.76. The fourth-order valence-electron chi connectivity index (χ4n) is 1.25. The zero-order valence-corrected chi connectivity index (χ0v) is 10.6. The van der Waals surface area contributed by atoms with Gasteiger partial charge in [-0.05, 0) is 31.2 Å². The van der Waals surface area contributed by atoms with E-state index in [-0.39, 0.29) is 9.90 Å². The van der Waals surface area contributed by atoms with Crippen LogP contribution < -0.4 is 10.3 Å². The molecule has 0 aliphatic carbocycles. The molecule has 2 N–H and O–H groups in total. The van der Waals surface area contributed by atoms with E-state index in [1.54, 1.807) is 12.1 Å². The van der Waals surface area contributed by atoms with Crippen molar-refractivity contribution in [1.82, 2.24) is 4.98 Å². The first kappa shape index (κ1) is 11.9. The molecule has 17 heavy (non-hydrogen) atoms. The van der Waals surface area contributed by atoms with Gasteiger partial charge >= 0.3 is 0 Å². The van der Waals surface area contributed by atoms with Crippen LogP contribution in [-0.4, -0.2) is 13.4 Å². The lowest BCUT2D eigenvalue weighted by Crippen LogP contribution is -2.18. The summed E-state index contributed by atoms with van der Waals surface area (Å²) in [5.41, 5.74) is -0.456. The Labute approximate surface area is 102 Å². The Balaban J connectivity index is 2.37. The fraction of sp³-hybridized carbons (Fsp3) is 0.100. The summed E-state index contributed by atoms with van der Waals surface area (Å²) >= 11 is 1.16. The topological polar surface area (TPSA) is 79.0 Å². The molecule has 0 aliphatic rings. The summed E-state index contributed by atoms with van der Waals surface area (Å²) in [6.07, 6.45) is 1.44. The highest BCUT2D eigenvalue weighted by Gasteiger charge is 2.17. The summed E-state index contributed by atoms with van der Waals surface area (Å²) in [6, 6.07) is 6.20. The Morgan fingerprint density at radius 2 is 2.06 bits per heavy atom. The van der Waals surface area contributed by atoms with E-state index in [2.05, 4.69) is 9.71 Å². The lowest BCUT2D eigenvalue weighted by Gasteiger charge is -2.04. The van der Waals surface area contributed by atoms with Crippen LogP contribution in [0.3, 0.4) is 0 Å². The highest BCUT2D eigenvalue weighted by molar-refractivity contribution is 7.94. The van der Waals surface area contributed by atoms with Crippen LogP contribution in [0.15, 0.2) is 39.5 Å². The normalized spacial score (nSPS) is 11.4. The maximum Gasteiger partial charge on any atom is 0.272 e. The molecule has 0 aliphatic heterocycles. The predicted octanol–water partition coefficient (Wildman–Crippen LogP) is 1.55. The lowest BCUT2D eigenvalue weighted by atomic mass is 10.4. The molecule has 2 rings (SSSR count). The molecule has 0 fully saturated rings. The Hall–Kier alpha value is -1.60. The minimum absolute atomic E-state index is 0.0125. The summed E-state index contributed by atoms with van der Waals surface area (Å²) < 4.78 is 26.3. The van der Waals surface area contributed by atoms with Crippen molar-refractivity contribution in [2.24, 2.45) is 0 Å². The van der Waals surface area contributed by atoms with Crippen molar-refractivity contribution in [2.75, 3.05) is 4.72 Å². The highest BCUT2D eigenvalue weighted by Crippen LogP contribution is 2.22. The molecule has 2 heterocycles. The Bertz CT molecular complexity index is 685. The first-order chi connectivity index (χ1) is 7.99. The van der Waals surface area contributed by atoms with Crippen LogP contribution in [-0.2, 0) is 10.0 Å². The molecule has 0 bridgehead atoms. The second-order valence-electron chi connectivity index (χ2n) is 3.38. The number of anilines is 1. The second-order valence-corrected chi connectivity index (χ2v) is 6.58. The smallest absolute Gasteiger partial charge is 0.272 e. The van der Waals surface area contributed by atoms with E-state index in [1.165, 1.54) is 18.3 Å². The molecule has 0 spiro atoms. The van der Waals surface area contributed by atoms with E-state index in [1.807, 2.05) is 6.92 Å². The van der Waals surface area contributed by atoms with Crippen molar-refractivity contribution in [3.63, 3.8) is 0 Å². The number of H-pyrrole nitrogens is 1. The zero-order valence-electron chi connectivity index (χ0n) is 8.93. The van der Waals surface area contributed by atoms with Crippen molar-refractivity contribution in [1.29, 1.82) is 0 Å². The second kappa shape index (κ2) is 4.34. The first-order valence-corrected chi connectivity index (χ1v) is 7.06. The number of sulfonamides is 1. The summed E-state index contributed by atoms with van der Waals surface area (Å²) in [5, 5.41) is 0. The van der Waals surface area contributed by atoms with Gasteiger partial charge in [-0.15, -0.1) is 11.3 Å². The SMILES string of the molecule is Cc1ccc(S(=O)(=O)Nc2ccc[nH]c2=O)s1. The van der Waals surface area contributed by atoms with Crippen molar-refractivity contribution in [2.45, 2.75) is 11.1 Å². The van der Waals surface area contributed by atoms with Gasteiger partial charge in [-0.3, -0.25) is 9.52 Å². The number of hydrogen-bond donors (Lipinski definition) is 2. The molecule has 2 aromatic heterocycles. The fourth-order valence-corrected chi connectivity index (χ4v) is 3.60. The van der Waals surface area contributed by atoms with Gasteiger partial charge in [0.25, 0.3) is 15.6 Å². The largest absolute Gasteiger partial charge is 0.327 e. The maximum absolute atomic E-state index is 11.9. The summed E-state index contributed by atoms with van der Waals surface area (Å²) in [7, 11) is -3.67. The molecule has 0 saturated heterocycles. The third kappa shape index (κ3) is 2.56. The lowest BCUT2D eigenvalue weighted by molar-refractivity contribution is 0.603. The minimum atomic E-state index is -3.67. The number of thiophene rings is 1. The highest BCUT2D eigenvalue weighted by atomic mass is 32.2. The van der Waals surface area contributed by atoms with E-state index in [0.29, 0.717) is 0 Å². The van der Waals surface area contributed by atoms with Crippen LogP contribution in [0.2, 0.25) is 0 Å².